The lowest BCUT2D eigenvalue weighted by Gasteiger charge is -2.23. The number of aliphatic carboxylic acids is 1. The third-order valence-corrected chi connectivity index (χ3v) is 5.35. The van der Waals surface area contributed by atoms with E-state index in [0.717, 1.165) is 16.3 Å². The monoisotopic (exact) mass is 353 g/mol. The largest absolute Gasteiger partial charge is 0.480 e. The number of halogens is 1. The molecule has 0 heterocycles. The van der Waals surface area contributed by atoms with Crippen molar-refractivity contribution in [2.45, 2.75) is 18.2 Å². The van der Waals surface area contributed by atoms with Gasteiger partial charge in [-0.15, -0.1) is 0 Å². The molecular weight excluding hydrogens is 338 g/mol. The first-order valence-electron chi connectivity index (χ1n) is 6.93. The first-order valence-corrected chi connectivity index (χ1v) is 8.75. The van der Waals surface area contributed by atoms with Gasteiger partial charge >= 0.3 is 5.97 Å². The molecule has 2 rings (SSSR count). The van der Waals surface area contributed by atoms with Crippen LogP contribution in [0.4, 0.5) is 5.69 Å². The Labute approximate surface area is 140 Å². The Kier molecular flexibility index (Phi) is 5.28. The average Bonchev–Trinajstić information content (AvgIpc) is 2.53. The van der Waals surface area contributed by atoms with Gasteiger partial charge in [-0.25, -0.2) is 8.42 Å². The summed E-state index contributed by atoms with van der Waals surface area (Å²) in [5.41, 5.74) is 1.34. The van der Waals surface area contributed by atoms with E-state index in [2.05, 4.69) is 0 Å². The highest BCUT2D eigenvalue weighted by Gasteiger charge is 2.27. The van der Waals surface area contributed by atoms with E-state index >= 15 is 0 Å². The van der Waals surface area contributed by atoms with Gasteiger partial charge in [0.05, 0.1) is 10.6 Å². The zero-order valence-corrected chi connectivity index (χ0v) is 14.0. The predicted octanol–water partition coefficient (Wildman–Crippen LogP) is 3.18. The van der Waals surface area contributed by atoms with Crippen molar-refractivity contribution in [2.75, 3.05) is 10.8 Å². The Morgan fingerprint density at radius 2 is 1.65 bits per heavy atom. The molecule has 0 atom stereocenters. The van der Waals surface area contributed by atoms with Gasteiger partial charge in [0.15, 0.2) is 0 Å². The maximum absolute atomic E-state index is 12.8. The number of hydrogen-bond donors (Lipinski definition) is 1. The molecule has 0 unspecified atom stereocenters. The van der Waals surface area contributed by atoms with Crippen LogP contribution in [-0.4, -0.2) is 26.0 Å². The van der Waals surface area contributed by atoms with Crippen LogP contribution in [0.2, 0.25) is 5.02 Å². The lowest BCUT2D eigenvalue weighted by Crippen LogP contribution is -2.35. The van der Waals surface area contributed by atoms with Gasteiger partial charge in [-0.3, -0.25) is 9.10 Å². The molecule has 0 aliphatic carbocycles. The number of carboxylic acid groups (broad SMARTS) is 1. The highest BCUT2D eigenvalue weighted by molar-refractivity contribution is 7.92. The Balaban J connectivity index is 2.48. The number of sulfonamides is 1. The quantitative estimate of drug-likeness (QED) is 0.865. The molecule has 0 bridgehead atoms. The fraction of sp³-hybridized carbons (Fsp3) is 0.188. The van der Waals surface area contributed by atoms with Crippen LogP contribution in [0.5, 0.6) is 0 Å². The number of carboxylic acids is 1. The first kappa shape index (κ1) is 17.3. The molecule has 0 aliphatic rings. The number of hydrogen-bond acceptors (Lipinski definition) is 3. The zero-order chi connectivity index (χ0) is 17.0. The van der Waals surface area contributed by atoms with Crippen molar-refractivity contribution in [1.29, 1.82) is 0 Å². The average molecular weight is 354 g/mol. The van der Waals surface area contributed by atoms with E-state index in [4.69, 9.17) is 16.7 Å². The van der Waals surface area contributed by atoms with Gasteiger partial charge in [0.2, 0.25) is 0 Å². The van der Waals surface area contributed by atoms with Crippen molar-refractivity contribution >= 4 is 33.3 Å². The number of anilines is 1. The Morgan fingerprint density at radius 3 is 2.13 bits per heavy atom. The smallest absolute Gasteiger partial charge is 0.324 e. The zero-order valence-electron chi connectivity index (χ0n) is 12.4. The SMILES string of the molecule is CCc1ccc(N(CC(=O)O)S(=O)(=O)c2ccc(Cl)cc2)cc1. The van der Waals surface area contributed by atoms with Crippen LogP contribution >= 0.6 is 11.6 Å². The minimum Gasteiger partial charge on any atom is -0.480 e. The summed E-state index contributed by atoms with van der Waals surface area (Å²) in [5.74, 6) is -1.23. The molecule has 0 spiro atoms. The van der Waals surface area contributed by atoms with Crippen molar-refractivity contribution in [2.24, 2.45) is 0 Å². The van der Waals surface area contributed by atoms with E-state index in [1.807, 2.05) is 6.92 Å². The van der Waals surface area contributed by atoms with Gasteiger partial charge in [0.25, 0.3) is 10.0 Å². The van der Waals surface area contributed by atoms with Crippen molar-refractivity contribution in [3.05, 3.63) is 59.1 Å². The third-order valence-electron chi connectivity index (χ3n) is 3.31. The molecule has 0 amide bonds. The van der Waals surface area contributed by atoms with E-state index in [1.165, 1.54) is 24.3 Å². The molecule has 0 radical (unpaired) electrons. The Morgan fingerprint density at radius 1 is 1.09 bits per heavy atom. The first-order chi connectivity index (χ1) is 10.8. The fourth-order valence-electron chi connectivity index (χ4n) is 2.07. The topological polar surface area (TPSA) is 74.7 Å². The van der Waals surface area contributed by atoms with Crippen LogP contribution in [0.1, 0.15) is 12.5 Å². The third kappa shape index (κ3) is 4.03. The van der Waals surface area contributed by atoms with Crippen molar-refractivity contribution in [1.82, 2.24) is 0 Å². The molecule has 0 aromatic heterocycles. The van der Waals surface area contributed by atoms with Crippen molar-refractivity contribution in [3.8, 4) is 0 Å². The van der Waals surface area contributed by atoms with Gasteiger partial charge in [-0.05, 0) is 48.4 Å². The summed E-state index contributed by atoms with van der Waals surface area (Å²) in [6.07, 6.45) is 0.809. The predicted molar refractivity (Wildman–Crippen MR) is 89.4 cm³/mol. The van der Waals surface area contributed by atoms with Gasteiger partial charge in [0.1, 0.15) is 6.54 Å². The molecule has 0 saturated heterocycles. The minimum absolute atomic E-state index is 0.0114. The minimum atomic E-state index is -3.99. The van der Waals surface area contributed by atoms with Crippen LogP contribution < -0.4 is 4.31 Å². The van der Waals surface area contributed by atoms with Crippen LogP contribution in [-0.2, 0) is 21.2 Å². The molecule has 0 aliphatic heterocycles. The van der Waals surface area contributed by atoms with Crippen LogP contribution in [0, 0.1) is 0 Å². The second kappa shape index (κ2) is 7.02. The summed E-state index contributed by atoms with van der Waals surface area (Å²) < 4.78 is 26.4. The highest BCUT2D eigenvalue weighted by Crippen LogP contribution is 2.25. The maximum atomic E-state index is 12.8. The lowest BCUT2D eigenvalue weighted by atomic mass is 10.1. The molecule has 2 aromatic rings. The van der Waals surface area contributed by atoms with Gasteiger partial charge in [0, 0.05) is 5.02 Å². The Hall–Kier alpha value is -2.05. The summed E-state index contributed by atoms with van der Waals surface area (Å²) in [4.78, 5) is 11.1. The molecule has 23 heavy (non-hydrogen) atoms. The second-order valence-electron chi connectivity index (χ2n) is 4.88. The van der Waals surface area contributed by atoms with Crippen LogP contribution in [0.3, 0.4) is 0 Å². The van der Waals surface area contributed by atoms with E-state index < -0.39 is 22.5 Å². The molecular formula is C16H16ClNO4S. The summed E-state index contributed by atoms with van der Waals surface area (Å²) in [7, 11) is -3.99. The summed E-state index contributed by atoms with van der Waals surface area (Å²) in [6, 6.07) is 12.4. The maximum Gasteiger partial charge on any atom is 0.324 e. The number of carbonyl (C=O) groups is 1. The number of rotatable bonds is 6. The molecule has 7 heteroatoms. The molecule has 0 saturated carbocycles. The Bertz CT molecular complexity index is 786. The second-order valence-corrected chi connectivity index (χ2v) is 7.18. The standard InChI is InChI=1S/C16H16ClNO4S/c1-2-12-3-7-14(8-4-12)18(11-16(19)20)23(21,22)15-9-5-13(17)6-10-15/h3-10H,2,11H2,1H3,(H,19,20). The van der Waals surface area contributed by atoms with Crippen molar-refractivity contribution < 1.29 is 18.3 Å². The number of aryl methyl sites for hydroxylation is 1. The van der Waals surface area contributed by atoms with Gasteiger partial charge < -0.3 is 5.11 Å². The number of nitrogens with zero attached hydrogens (tertiary/aromatic N) is 1. The van der Waals surface area contributed by atoms with E-state index in [-0.39, 0.29) is 4.90 Å². The van der Waals surface area contributed by atoms with Gasteiger partial charge in [-0.2, -0.15) is 0 Å². The summed E-state index contributed by atoms with van der Waals surface area (Å²) in [5, 5.41) is 9.48. The normalized spacial score (nSPS) is 11.2. The highest BCUT2D eigenvalue weighted by atomic mass is 35.5. The van der Waals surface area contributed by atoms with E-state index in [9.17, 15) is 13.2 Å². The van der Waals surface area contributed by atoms with Crippen LogP contribution in [0.15, 0.2) is 53.4 Å². The molecule has 1 N–H and O–H groups in total. The fourth-order valence-corrected chi connectivity index (χ4v) is 3.61. The van der Waals surface area contributed by atoms with E-state index in [0.29, 0.717) is 10.7 Å². The molecule has 2 aromatic carbocycles. The van der Waals surface area contributed by atoms with Crippen LogP contribution in [0.25, 0.3) is 0 Å². The summed E-state index contributed by atoms with van der Waals surface area (Å²) >= 11 is 5.77. The number of benzene rings is 2. The lowest BCUT2D eigenvalue weighted by molar-refractivity contribution is -0.135. The van der Waals surface area contributed by atoms with E-state index in [1.54, 1.807) is 24.3 Å². The van der Waals surface area contributed by atoms with Gasteiger partial charge in [-0.1, -0.05) is 30.7 Å². The van der Waals surface area contributed by atoms with Crippen molar-refractivity contribution in [3.63, 3.8) is 0 Å². The molecule has 122 valence electrons. The summed E-state index contributed by atoms with van der Waals surface area (Å²) in [6.45, 7) is 1.32. The molecule has 0 fully saturated rings. The molecule has 5 nitrogen and oxygen atoms in total.